The normalized spacial score (nSPS) is 11.2. The Hall–Kier alpha value is -3.14. The molecule has 0 atom stereocenters. The van der Waals surface area contributed by atoms with Crippen LogP contribution in [0.1, 0.15) is 11.1 Å². The number of ether oxygens (including phenoxy) is 3. The van der Waals surface area contributed by atoms with E-state index in [0.29, 0.717) is 40.0 Å². The number of benzene rings is 1. The lowest BCUT2D eigenvalue weighted by Gasteiger charge is -2.13. The SMILES string of the molecule is COc1ccc(OCc2ccc(C(F)(F)F)cc2)nc1-c1cnc(OC)c(NSC)c1. The van der Waals surface area contributed by atoms with Crippen LogP contribution in [-0.4, -0.2) is 30.4 Å². The fraction of sp³-hybridized carbons (Fsp3) is 0.238. The molecule has 0 aliphatic heterocycles. The molecule has 0 aliphatic rings. The standard InChI is InChI=1S/C21H20F3N3O3S/c1-28-17-8-9-18(30-12-13-4-6-15(7-5-13)21(22,23)24)26-19(17)14-10-16(27-31-3)20(29-2)25-11-14/h4-11,27H,12H2,1-3H3. The molecule has 3 aromatic rings. The Kier molecular flexibility index (Phi) is 7.11. The minimum atomic E-state index is -4.37. The van der Waals surface area contributed by atoms with E-state index in [4.69, 9.17) is 14.2 Å². The Morgan fingerprint density at radius 3 is 2.39 bits per heavy atom. The predicted molar refractivity (Wildman–Crippen MR) is 113 cm³/mol. The quantitative estimate of drug-likeness (QED) is 0.457. The molecular weight excluding hydrogens is 431 g/mol. The monoisotopic (exact) mass is 451 g/mol. The fourth-order valence-electron chi connectivity index (χ4n) is 2.76. The molecule has 164 valence electrons. The first-order chi connectivity index (χ1) is 14.9. The van der Waals surface area contributed by atoms with Crippen molar-refractivity contribution in [3.63, 3.8) is 0 Å². The molecule has 0 spiro atoms. The van der Waals surface area contributed by atoms with E-state index >= 15 is 0 Å². The molecule has 1 aromatic carbocycles. The zero-order chi connectivity index (χ0) is 22.4. The van der Waals surface area contributed by atoms with Gasteiger partial charge in [-0.25, -0.2) is 9.97 Å². The van der Waals surface area contributed by atoms with Crippen molar-refractivity contribution in [1.29, 1.82) is 0 Å². The van der Waals surface area contributed by atoms with Gasteiger partial charge < -0.3 is 18.9 Å². The van der Waals surface area contributed by atoms with Gasteiger partial charge in [-0.2, -0.15) is 13.2 Å². The topological polar surface area (TPSA) is 65.5 Å². The van der Waals surface area contributed by atoms with Crippen molar-refractivity contribution in [2.75, 3.05) is 25.2 Å². The smallest absolute Gasteiger partial charge is 0.416 e. The first kappa shape index (κ1) is 22.5. The highest BCUT2D eigenvalue weighted by Gasteiger charge is 2.29. The maximum absolute atomic E-state index is 12.7. The molecule has 0 radical (unpaired) electrons. The van der Waals surface area contributed by atoms with Crippen LogP contribution < -0.4 is 18.9 Å². The Morgan fingerprint density at radius 2 is 1.77 bits per heavy atom. The molecule has 0 bridgehead atoms. The van der Waals surface area contributed by atoms with Crippen LogP contribution >= 0.6 is 11.9 Å². The molecule has 1 N–H and O–H groups in total. The van der Waals surface area contributed by atoms with Crippen molar-refractivity contribution in [2.24, 2.45) is 0 Å². The minimum Gasteiger partial charge on any atom is -0.494 e. The van der Waals surface area contributed by atoms with Gasteiger partial charge in [0.1, 0.15) is 23.7 Å². The largest absolute Gasteiger partial charge is 0.494 e. The van der Waals surface area contributed by atoms with Gasteiger partial charge in [0, 0.05) is 24.1 Å². The molecule has 10 heteroatoms. The van der Waals surface area contributed by atoms with E-state index < -0.39 is 11.7 Å². The van der Waals surface area contributed by atoms with Crippen molar-refractivity contribution in [3.8, 4) is 28.8 Å². The van der Waals surface area contributed by atoms with Gasteiger partial charge in [0.05, 0.1) is 19.8 Å². The molecule has 31 heavy (non-hydrogen) atoms. The summed E-state index contributed by atoms with van der Waals surface area (Å²) in [6, 6.07) is 9.96. The van der Waals surface area contributed by atoms with Crippen LogP contribution in [0.15, 0.2) is 48.7 Å². The number of alkyl halides is 3. The molecule has 0 aliphatic carbocycles. The second-order valence-electron chi connectivity index (χ2n) is 6.27. The van der Waals surface area contributed by atoms with Crippen molar-refractivity contribution in [1.82, 2.24) is 9.97 Å². The highest BCUT2D eigenvalue weighted by Crippen LogP contribution is 2.34. The van der Waals surface area contributed by atoms with Crippen molar-refractivity contribution < 1.29 is 27.4 Å². The van der Waals surface area contributed by atoms with Crippen LogP contribution in [0.25, 0.3) is 11.3 Å². The van der Waals surface area contributed by atoms with E-state index in [2.05, 4.69) is 14.7 Å². The van der Waals surface area contributed by atoms with Crippen LogP contribution in [0.3, 0.4) is 0 Å². The van der Waals surface area contributed by atoms with Crippen molar-refractivity contribution in [2.45, 2.75) is 12.8 Å². The number of aromatic nitrogens is 2. The van der Waals surface area contributed by atoms with E-state index in [1.54, 1.807) is 18.3 Å². The highest BCUT2D eigenvalue weighted by molar-refractivity contribution is 7.99. The summed E-state index contributed by atoms with van der Waals surface area (Å²) in [5.41, 5.74) is 1.74. The number of rotatable bonds is 8. The van der Waals surface area contributed by atoms with Gasteiger partial charge >= 0.3 is 6.18 Å². The number of nitrogens with one attached hydrogen (secondary N) is 1. The van der Waals surface area contributed by atoms with E-state index in [9.17, 15) is 13.2 Å². The predicted octanol–water partition coefficient (Wildman–Crippen LogP) is 5.45. The summed E-state index contributed by atoms with van der Waals surface area (Å²) in [6.45, 7) is 0.0665. The Bertz CT molecular complexity index is 1030. The zero-order valence-electron chi connectivity index (χ0n) is 17.0. The molecule has 2 heterocycles. The summed E-state index contributed by atoms with van der Waals surface area (Å²) in [5.74, 6) is 1.25. The van der Waals surface area contributed by atoms with Gasteiger partial charge in [0.2, 0.25) is 11.8 Å². The third-order valence-corrected chi connectivity index (χ3v) is 4.67. The van der Waals surface area contributed by atoms with Crippen LogP contribution in [0.4, 0.5) is 18.9 Å². The third-order valence-electron chi connectivity index (χ3n) is 4.25. The summed E-state index contributed by atoms with van der Waals surface area (Å²) >= 11 is 1.39. The fourth-order valence-corrected chi connectivity index (χ4v) is 3.12. The number of methoxy groups -OCH3 is 2. The van der Waals surface area contributed by atoms with Gasteiger partial charge in [0.15, 0.2) is 0 Å². The average Bonchev–Trinajstić information content (AvgIpc) is 2.77. The number of halogens is 3. The number of pyridine rings is 2. The van der Waals surface area contributed by atoms with Gasteiger partial charge in [-0.05, 0) is 29.8 Å². The van der Waals surface area contributed by atoms with Gasteiger partial charge in [0.25, 0.3) is 0 Å². The van der Waals surface area contributed by atoms with Crippen LogP contribution in [0, 0.1) is 0 Å². The summed E-state index contributed by atoms with van der Waals surface area (Å²) in [5, 5.41) is 0. The Labute approximate surface area is 181 Å². The Morgan fingerprint density at radius 1 is 1.03 bits per heavy atom. The van der Waals surface area contributed by atoms with Gasteiger partial charge in [-0.1, -0.05) is 24.1 Å². The molecular formula is C21H20F3N3O3S. The summed E-state index contributed by atoms with van der Waals surface area (Å²) < 4.78 is 57.6. The van der Waals surface area contributed by atoms with Crippen molar-refractivity contribution >= 4 is 17.6 Å². The van der Waals surface area contributed by atoms with Crippen LogP contribution in [-0.2, 0) is 12.8 Å². The summed E-state index contributed by atoms with van der Waals surface area (Å²) in [7, 11) is 3.06. The number of anilines is 1. The van der Waals surface area contributed by atoms with E-state index in [-0.39, 0.29) is 6.61 Å². The summed E-state index contributed by atoms with van der Waals surface area (Å²) in [4.78, 5) is 8.79. The second kappa shape index (κ2) is 9.78. The first-order valence-electron chi connectivity index (χ1n) is 9.03. The summed E-state index contributed by atoms with van der Waals surface area (Å²) in [6.07, 6.45) is -0.891. The van der Waals surface area contributed by atoms with Crippen LogP contribution in [0.5, 0.6) is 17.5 Å². The molecule has 0 amide bonds. The average molecular weight is 451 g/mol. The van der Waals surface area contributed by atoms with E-state index in [1.807, 2.05) is 12.3 Å². The lowest BCUT2D eigenvalue weighted by molar-refractivity contribution is -0.137. The first-order valence-corrected chi connectivity index (χ1v) is 10.3. The number of hydrogen-bond acceptors (Lipinski definition) is 7. The van der Waals surface area contributed by atoms with Gasteiger partial charge in [-0.15, -0.1) is 0 Å². The number of nitrogens with zero attached hydrogens (tertiary/aromatic N) is 2. The highest BCUT2D eigenvalue weighted by atomic mass is 32.2. The molecule has 0 fully saturated rings. The van der Waals surface area contributed by atoms with E-state index in [1.165, 1.54) is 38.3 Å². The van der Waals surface area contributed by atoms with Crippen LogP contribution in [0.2, 0.25) is 0 Å². The maximum Gasteiger partial charge on any atom is 0.416 e. The molecule has 2 aromatic heterocycles. The Balaban J connectivity index is 1.83. The molecule has 3 rings (SSSR count). The second-order valence-corrected chi connectivity index (χ2v) is 6.88. The lowest BCUT2D eigenvalue weighted by Crippen LogP contribution is -2.05. The molecule has 0 saturated carbocycles. The molecule has 0 unspecified atom stereocenters. The maximum atomic E-state index is 12.7. The zero-order valence-corrected chi connectivity index (χ0v) is 17.8. The lowest BCUT2D eigenvalue weighted by atomic mass is 10.1. The number of hydrogen-bond donors (Lipinski definition) is 1. The van der Waals surface area contributed by atoms with E-state index in [0.717, 1.165) is 12.1 Å². The third kappa shape index (κ3) is 5.52. The van der Waals surface area contributed by atoms with Crippen molar-refractivity contribution in [3.05, 3.63) is 59.8 Å². The minimum absolute atomic E-state index is 0.0665. The van der Waals surface area contributed by atoms with Gasteiger partial charge in [-0.3, -0.25) is 0 Å². The molecule has 0 saturated heterocycles. The molecule has 6 nitrogen and oxygen atoms in total.